The fourth-order valence-corrected chi connectivity index (χ4v) is 8.73. The normalized spacial score (nSPS) is 12.1. The van der Waals surface area contributed by atoms with E-state index < -0.39 is 0 Å². The zero-order valence-electron chi connectivity index (χ0n) is 37.8. The first-order chi connectivity index (χ1) is 32.4. The topological polar surface area (TPSA) is 8.17 Å². The Morgan fingerprint density at radius 3 is 1.47 bits per heavy atom. The first-order valence-corrected chi connectivity index (χ1v) is 20.9. The maximum atomic E-state index is 9.70. The summed E-state index contributed by atoms with van der Waals surface area (Å²) in [5, 5.41) is 2.34. The van der Waals surface area contributed by atoms with Crippen LogP contribution in [0.1, 0.15) is 5.48 Å². The Balaban J connectivity index is 1.07. The Morgan fingerprint density at radius 2 is 0.790 bits per heavy atom. The minimum atomic E-state index is -0.129. The highest BCUT2D eigenvalue weighted by atomic mass is 15.1. The third-order valence-corrected chi connectivity index (χ3v) is 11.7. The fraction of sp³-hybridized carbons (Fsp3) is 0. The van der Waals surface area contributed by atoms with Crippen molar-refractivity contribution in [2.75, 3.05) is 4.90 Å². The van der Waals surface area contributed by atoms with E-state index in [1.165, 1.54) is 10.8 Å². The second kappa shape index (κ2) is 16.1. The molecule has 62 heavy (non-hydrogen) atoms. The van der Waals surface area contributed by atoms with Gasteiger partial charge in [0.1, 0.15) is 0 Å². The van der Waals surface area contributed by atoms with E-state index in [9.17, 15) is 5.48 Å². The van der Waals surface area contributed by atoms with Crippen molar-refractivity contribution in [2.45, 2.75) is 0 Å². The van der Waals surface area contributed by atoms with Crippen LogP contribution >= 0.6 is 0 Å². The van der Waals surface area contributed by atoms with E-state index >= 15 is 0 Å². The lowest BCUT2D eigenvalue weighted by molar-refractivity contribution is 1.18. The zero-order valence-corrected chi connectivity index (χ0v) is 33.8. The van der Waals surface area contributed by atoms with Crippen molar-refractivity contribution in [3.63, 3.8) is 0 Å². The highest BCUT2D eigenvalue weighted by Crippen LogP contribution is 2.44. The largest absolute Gasteiger partial charge is 0.310 e. The van der Waals surface area contributed by atoms with E-state index in [4.69, 9.17) is 0 Å². The van der Waals surface area contributed by atoms with Gasteiger partial charge in [-0.25, -0.2) is 0 Å². The van der Waals surface area contributed by atoms with E-state index in [0.29, 0.717) is 11.3 Å². The van der Waals surface area contributed by atoms with Gasteiger partial charge in [0.2, 0.25) is 0 Å². The van der Waals surface area contributed by atoms with Crippen molar-refractivity contribution in [3.05, 3.63) is 255 Å². The van der Waals surface area contributed by atoms with Crippen LogP contribution in [0, 0.1) is 0 Å². The number of para-hydroxylation sites is 3. The lowest BCUT2D eigenvalue weighted by Crippen LogP contribution is -2.11. The molecule has 0 aliphatic carbocycles. The molecule has 2 heteroatoms. The third kappa shape index (κ3) is 6.84. The predicted molar refractivity (Wildman–Crippen MR) is 263 cm³/mol. The van der Waals surface area contributed by atoms with Gasteiger partial charge in [-0.3, -0.25) is 0 Å². The van der Waals surface area contributed by atoms with Gasteiger partial charge in [-0.1, -0.05) is 194 Å². The highest BCUT2D eigenvalue weighted by Gasteiger charge is 2.20. The maximum absolute atomic E-state index is 9.70. The lowest BCUT2D eigenvalue weighted by Gasteiger charge is -2.28. The van der Waals surface area contributed by atoms with Gasteiger partial charge in [-0.15, -0.1) is 0 Å². The first kappa shape index (κ1) is 32.6. The Labute approximate surface area is 368 Å². The SMILES string of the molecule is [2H]c1c([2H])c(N(c2ccc(-c3ccccc3)cc2)c2ccccc2-c2cccc(-c3cccc4c3c3ccccc3n4-c3ccccc3)c2)c([2H])c([2H])c1-c1ccc(-c2ccccc2)cc1. The standard InChI is InChI=1S/C60H42N2/c1-4-16-43(17-5-1)45-30-32-46(33-31-45)48-36-40-53(41-37-48)61(52-38-34-47(35-39-52)44-18-6-2-7-19-44)57-27-12-10-24-54(57)49-20-14-21-50(42-49)55-26-15-29-59-60(55)56-25-11-13-28-58(56)62(59)51-22-8-3-9-23-51/h1-42H/i36D,37D,40D,41D. The maximum Gasteiger partial charge on any atom is 0.0645 e. The molecule has 10 aromatic carbocycles. The second-order valence-corrected chi connectivity index (χ2v) is 15.4. The highest BCUT2D eigenvalue weighted by molar-refractivity contribution is 6.16. The fourth-order valence-electron chi connectivity index (χ4n) is 8.73. The number of aromatic nitrogens is 1. The number of hydrogen-bond acceptors (Lipinski definition) is 1. The minimum absolute atomic E-state index is 0.105. The first-order valence-electron chi connectivity index (χ1n) is 22.9. The molecule has 0 bridgehead atoms. The molecule has 0 aliphatic rings. The van der Waals surface area contributed by atoms with Crippen LogP contribution in [0.5, 0.6) is 0 Å². The summed E-state index contributed by atoms with van der Waals surface area (Å²) < 4.78 is 40.7. The third-order valence-electron chi connectivity index (χ3n) is 11.7. The number of fused-ring (bicyclic) bond motifs is 3. The summed E-state index contributed by atoms with van der Waals surface area (Å²) in [6, 6.07) is 77.7. The molecule has 0 aliphatic heterocycles. The summed E-state index contributed by atoms with van der Waals surface area (Å²) in [6.07, 6.45) is 0. The van der Waals surface area contributed by atoms with Crippen molar-refractivity contribution >= 4 is 38.9 Å². The van der Waals surface area contributed by atoms with Gasteiger partial charge < -0.3 is 9.47 Å². The molecule has 0 spiro atoms. The summed E-state index contributed by atoms with van der Waals surface area (Å²) in [6.45, 7) is 0. The van der Waals surface area contributed by atoms with Crippen LogP contribution in [0.15, 0.2) is 255 Å². The summed E-state index contributed by atoms with van der Waals surface area (Å²) >= 11 is 0. The van der Waals surface area contributed by atoms with Gasteiger partial charge in [0.15, 0.2) is 0 Å². The van der Waals surface area contributed by atoms with Gasteiger partial charge in [-0.05, 0) is 111 Å². The van der Waals surface area contributed by atoms with Gasteiger partial charge in [0, 0.05) is 33.4 Å². The molecule has 0 N–H and O–H groups in total. The van der Waals surface area contributed by atoms with E-state index in [1.807, 2.05) is 126 Å². The molecule has 1 heterocycles. The second-order valence-electron chi connectivity index (χ2n) is 15.4. The predicted octanol–water partition coefficient (Wildman–Crippen LogP) is 16.6. The molecule has 11 rings (SSSR count). The summed E-state index contributed by atoms with van der Waals surface area (Å²) in [5.74, 6) is 0. The Morgan fingerprint density at radius 1 is 0.323 bits per heavy atom. The van der Waals surface area contributed by atoms with E-state index in [-0.39, 0.29) is 35.4 Å². The lowest BCUT2D eigenvalue weighted by atomic mass is 9.94. The molecule has 292 valence electrons. The van der Waals surface area contributed by atoms with Crippen LogP contribution in [0.4, 0.5) is 17.1 Å². The molecular formula is C60H42N2. The van der Waals surface area contributed by atoms with Gasteiger partial charge in [0.05, 0.1) is 22.2 Å². The smallest absolute Gasteiger partial charge is 0.0645 e. The Hall–Kier alpha value is -8.20. The Kier molecular flexibility index (Phi) is 8.47. The number of hydrogen-bond donors (Lipinski definition) is 0. The molecular weight excluding hydrogens is 749 g/mol. The van der Waals surface area contributed by atoms with Crippen molar-refractivity contribution in [1.29, 1.82) is 0 Å². The van der Waals surface area contributed by atoms with Crippen molar-refractivity contribution < 1.29 is 5.48 Å². The van der Waals surface area contributed by atoms with Gasteiger partial charge >= 0.3 is 0 Å². The van der Waals surface area contributed by atoms with Crippen LogP contribution in [-0.4, -0.2) is 4.57 Å². The molecule has 11 aromatic rings. The number of rotatable bonds is 9. The van der Waals surface area contributed by atoms with E-state index in [0.717, 1.165) is 66.9 Å². The van der Waals surface area contributed by atoms with Crippen LogP contribution in [0.3, 0.4) is 0 Å². The molecule has 0 radical (unpaired) electrons. The van der Waals surface area contributed by atoms with Crippen molar-refractivity contribution in [1.82, 2.24) is 4.57 Å². The number of anilines is 3. The summed E-state index contributed by atoms with van der Waals surface area (Å²) in [7, 11) is 0. The molecule has 0 atom stereocenters. The van der Waals surface area contributed by atoms with Crippen LogP contribution in [0.25, 0.3) is 83.1 Å². The van der Waals surface area contributed by atoms with Crippen molar-refractivity contribution in [2.24, 2.45) is 0 Å². The van der Waals surface area contributed by atoms with Crippen LogP contribution in [-0.2, 0) is 0 Å². The Bertz CT molecular complexity index is 3520. The van der Waals surface area contributed by atoms with E-state index in [1.54, 1.807) is 0 Å². The molecule has 0 fully saturated rings. The number of benzene rings is 10. The monoisotopic (exact) mass is 794 g/mol. The van der Waals surface area contributed by atoms with Crippen LogP contribution in [0.2, 0.25) is 0 Å². The van der Waals surface area contributed by atoms with E-state index in [2.05, 4.69) is 114 Å². The van der Waals surface area contributed by atoms with Gasteiger partial charge in [-0.2, -0.15) is 0 Å². The quantitative estimate of drug-likeness (QED) is 0.141. The molecule has 0 unspecified atom stereocenters. The zero-order chi connectivity index (χ0) is 44.7. The minimum Gasteiger partial charge on any atom is -0.310 e. The summed E-state index contributed by atoms with van der Waals surface area (Å²) in [5.41, 5.74) is 14.0. The average Bonchev–Trinajstić information content (AvgIpc) is 3.73. The van der Waals surface area contributed by atoms with Gasteiger partial charge in [0.25, 0.3) is 0 Å². The molecule has 2 nitrogen and oxygen atoms in total. The molecule has 0 saturated heterocycles. The average molecular weight is 795 g/mol. The van der Waals surface area contributed by atoms with Crippen LogP contribution < -0.4 is 4.90 Å². The molecule has 0 saturated carbocycles. The summed E-state index contributed by atoms with van der Waals surface area (Å²) in [4.78, 5) is 1.90. The molecule has 0 amide bonds. The molecule has 1 aromatic heterocycles. The number of nitrogens with zero attached hydrogens (tertiary/aromatic N) is 2. The van der Waals surface area contributed by atoms with Crippen molar-refractivity contribution in [3.8, 4) is 61.3 Å².